The first-order valence-electron chi connectivity index (χ1n) is 7.48. The molecule has 2 rings (SSSR count). The molecule has 0 spiro atoms. The molecule has 6 nitrogen and oxygen atoms in total. The zero-order valence-electron chi connectivity index (χ0n) is 13.8. The summed E-state index contributed by atoms with van der Waals surface area (Å²) in [5.41, 5.74) is 0.871. The van der Waals surface area contributed by atoms with Gasteiger partial charge in [0, 0.05) is 7.11 Å². The van der Waals surface area contributed by atoms with Gasteiger partial charge >= 0.3 is 5.91 Å². The molecular weight excluding hydrogens is 315 g/mol. The average Bonchev–Trinajstić information content (AvgIpc) is 2.53. The number of imide groups is 1. The van der Waals surface area contributed by atoms with Crippen LogP contribution in [0.25, 0.3) is 6.08 Å². The van der Waals surface area contributed by atoms with Crippen LogP contribution in [0.2, 0.25) is 0 Å². The number of benzene rings is 1. The molecule has 24 heavy (non-hydrogen) atoms. The number of aliphatic imine (C=N–C) groups is 1. The highest BCUT2D eigenvalue weighted by Gasteiger charge is 2.34. The summed E-state index contributed by atoms with van der Waals surface area (Å²) in [6, 6.07) is 5.60. The summed E-state index contributed by atoms with van der Waals surface area (Å²) in [6.07, 6.45) is 1.89. The standard InChI is InChI=1S/C17H19FN2O4/c1-11(2)8-14-16(21)20(24-10-23-3)17(22)15(19-14)9-12-4-6-13(18)7-5-12/h4-7,9,11H,8,10H2,1-3H3/b15-9+. The Bertz CT molecular complexity index is 680. The van der Waals surface area contributed by atoms with Crippen LogP contribution in [0, 0.1) is 11.7 Å². The van der Waals surface area contributed by atoms with E-state index in [4.69, 9.17) is 9.57 Å². The van der Waals surface area contributed by atoms with Crippen molar-refractivity contribution in [1.29, 1.82) is 0 Å². The minimum Gasteiger partial charge on any atom is -0.356 e. The largest absolute Gasteiger partial charge is 0.356 e. The average molecular weight is 334 g/mol. The van der Waals surface area contributed by atoms with Crippen LogP contribution in [0.15, 0.2) is 35.0 Å². The molecule has 0 aromatic heterocycles. The lowest BCUT2D eigenvalue weighted by Gasteiger charge is -2.25. The molecule has 0 aliphatic carbocycles. The fraction of sp³-hybridized carbons (Fsp3) is 0.353. The number of hydroxylamine groups is 2. The highest BCUT2D eigenvalue weighted by Crippen LogP contribution is 2.20. The van der Waals surface area contributed by atoms with Crippen molar-refractivity contribution in [3.8, 4) is 0 Å². The number of carbonyl (C=O) groups is 2. The Morgan fingerprint density at radius 3 is 2.46 bits per heavy atom. The number of ether oxygens (including phenoxy) is 1. The SMILES string of the molecule is COCON1C(=O)C(CC(C)C)=N/C(=C/c2ccc(F)cc2)C1=O. The van der Waals surface area contributed by atoms with Gasteiger partial charge in [-0.3, -0.25) is 9.59 Å². The first-order chi connectivity index (χ1) is 11.4. The molecule has 1 aromatic carbocycles. The minimum atomic E-state index is -0.686. The molecule has 0 saturated heterocycles. The quantitative estimate of drug-likeness (QED) is 0.455. The Hall–Kier alpha value is -2.38. The molecule has 0 unspecified atom stereocenters. The Morgan fingerprint density at radius 1 is 1.21 bits per heavy atom. The van der Waals surface area contributed by atoms with Gasteiger partial charge in [-0.1, -0.05) is 26.0 Å². The number of amides is 2. The van der Waals surface area contributed by atoms with Gasteiger partial charge in [0.15, 0.2) is 6.79 Å². The van der Waals surface area contributed by atoms with Gasteiger partial charge in [-0.25, -0.2) is 14.2 Å². The number of hydrogen-bond acceptors (Lipinski definition) is 5. The third kappa shape index (κ3) is 4.33. The monoisotopic (exact) mass is 334 g/mol. The molecular formula is C17H19FN2O4. The molecule has 1 aromatic rings. The van der Waals surface area contributed by atoms with Crippen LogP contribution in [-0.2, 0) is 19.2 Å². The van der Waals surface area contributed by atoms with Crippen LogP contribution in [0.4, 0.5) is 4.39 Å². The molecule has 0 N–H and O–H groups in total. The van der Waals surface area contributed by atoms with Crippen molar-refractivity contribution in [3.05, 3.63) is 41.3 Å². The first kappa shape index (κ1) is 18.0. The Kier molecular flexibility index (Phi) is 5.94. The van der Waals surface area contributed by atoms with E-state index >= 15 is 0 Å². The van der Waals surface area contributed by atoms with E-state index in [0.29, 0.717) is 17.0 Å². The lowest BCUT2D eigenvalue weighted by molar-refractivity contribution is -0.213. The van der Waals surface area contributed by atoms with Gasteiger partial charge in [0.2, 0.25) is 0 Å². The number of methoxy groups -OCH3 is 1. The van der Waals surface area contributed by atoms with Gasteiger partial charge in [0.05, 0.1) is 0 Å². The van der Waals surface area contributed by atoms with E-state index in [2.05, 4.69) is 4.99 Å². The smallest absolute Gasteiger partial charge is 0.303 e. The predicted octanol–water partition coefficient (Wildman–Crippen LogP) is 2.56. The summed E-state index contributed by atoms with van der Waals surface area (Å²) in [5, 5.41) is 0.656. The first-order valence-corrected chi connectivity index (χ1v) is 7.48. The predicted molar refractivity (Wildman–Crippen MR) is 86.1 cm³/mol. The molecule has 1 heterocycles. The van der Waals surface area contributed by atoms with E-state index in [9.17, 15) is 14.0 Å². The third-order valence-electron chi connectivity index (χ3n) is 3.16. The second kappa shape index (κ2) is 7.94. The molecule has 0 radical (unpaired) electrons. The van der Waals surface area contributed by atoms with E-state index in [0.717, 1.165) is 0 Å². The number of carbonyl (C=O) groups excluding carboxylic acids is 2. The molecule has 0 saturated carbocycles. The number of nitrogens with zero attached hydrogens (tertiary/aromatic N) is 2. The van der Waals surface area contributed by atoms with Crippen LogP contribution in [0.1, 0.15) is 25.8 Å². The van der Waals surface area contributed by atoms with Gasteiger partial charge in [-0.2, -0.15) is 0 Å². The summed E-state index contributed by atoms with van der Waals surface area (Å²) in [4.78, 5) is 34.0. The molecule has 1 aliphatic heterocycles. The van der Waals surface area contributed by atoms with E-state index in [1.165, 1.54) is 37.5 Å². The zero-order valence-corrected chi connectivity index (χ0v) is 13.8. The van der Waals surface area contributed by atoms with Crippen LogP contribution in [0.5, 0.6) is 0 Å². The second-order valence-corrected chi connectivity index (χ2v) is 5.68. The fourth-order valence-electron chi connectivity index (χ4n) is 2.11. The molecule has 2 amide bonds. The van der Waals surface area contributed by atoms with Crippen molar-refractivity contribution in [2.24, 2.45) is 10.9 Å². The Balaban J connectivity index is 2.39. The number of rotatable bonds is 6. The fourth-order valence-corrected chi connectivity index (χ4v) is 2.11. The molecule has 7 heteroatoms. The van der Waals surface area contributed by atoms with Crippen molar-refractivity contribution >= 4 is 23.6 Å². The van der Waals surface area contributed by atoms with Crippen LogP contribution >= 0.6 is 0 Å². The van der Waals surface area contributed by atoms with Gasteiger partial charge < -0.3 is 4.74 Å². The van der Waals surface area contributed by atoms with Crippen molar-refractivity contribution in [2.45, 2.75) is 20.3 Å². The summed E-state index contributed by atoms with van der Waals surface area (Å²) in [6.45, 7) is 3.64. The van der Waals surface area contributed by atoms with Gasteiger partial charge in [-0.05, 0) is 36.1 Å². The summed E-state index contributed by atoms with van der Waals surface area (Å²) >= 11 is 0. The van der Waals surface area contributed by atoms with Crippen LogP contribution in [-0.4, -0.2) is 36.5 Å². The molecule has 0 atom stereocenters. The molecule has 0 bridgehead atoms. The van der Waals surface area contributed by atoms with Crippen LogP contribution < -0.4 is 0 Å². The Labute approximate surface area is 139 Å². The third-order valence-corrected chi connectivity index (χ3v) is 3.16. The number of hydrogen-bond donors (Lipinski definition) is 0. The highest BCUT2D eigenvalue weighted by atomic mass is 19.1. The topological polar surface area (TPSA) is 68.2 Å². The summed E-state index contributed by atoms with van der Waals surface area (Å²) in [7, 11) is 1.39. The zero-order chi connectivity index (χ0) is 17.7. The van der Waals surface area contributed by atoms with E-state index in [-0.39, 0.29) is 29.9 Å². The maximum Gasteiger partial charge on any atom is 0.303 e. The van der Waals surface area contributed by atoms with Crippen molar-refractivity contribution in [1.82, 2.24) is 5.06 Å². The van der Waals surface area contributed by atoms with E-state index < -0.39 is 11.8 Å². The lowest BCUT2D eigenvalue weighted by Crippen LogP contribution is -2.45. The Morgan fingerprint density at radius 2 is 1.88 bits per heavy atom. The van der Waals surface area contributed by atoms with Crippen molar-refractivity contribution in [2.75, 3.05) is 13.9 Å². The summed E-state index contributed by atoms with van der Waals surface area (Å²) < 4.78 is 17.8. The maximum atomic E-state index is 13.0. The maximum absolute atomic E-state index is 13.0. The van der Waals surface area contributed by atoms with E-state index in [1.54, 1.807) is 0 Å². The highest BCUT2D eigenvalue weighted by molar-refractivity contribution is 6.44. The molecule has 1 aliphatic rings. The lowest BCUT2D eigenvalue weighted by atomic mass is 10.0. The van der Waals surface area contributed by atoms with Crippen molar-refractivity contribution < 1.29 is 23.6 Å². The van der Waals surface area contributed by atoms with Gasteiger partial charge in [-0.15, -0.1) is 5.06 Å². The van der Waals surface area contributed by atoms with Crippen molar-refractivity contribution in [3.63, 3.8) is 0 Å². The molecule has 128 valence electrons. The van der Waals surface area contributed by atoms with Gasteiger partial charge in [0.1, 0.15) is 17.2 Å². The molecule has 0 fully saturated rings. The van der Waals surface area contributed by atoms with Gasteiger partial charge in [0.25, 0.3) is 5.91 Å². The van der Waals surface area contributed by atoms with Crippen LogP contribution in [0.3, 0.4) is 0 Å². The summed E-state index contributed by atoms with van der Waals surface area (Å²) in [5.74, 6) is -1.48. The second-order valence-electron chi connectivity index (χ2n) is 5.68. The number of halogens is 1. The van der Waals surface area contributed by atoms with E-state index in [1.807, 2.05) is 13.8 Å². The minimum absolute atomic E-state index is 0.0490. The normalized spacial score (nSPS) is 17.0.